The maximum Gasteiger partial charge on any atom is 0.124 e. The Morgan fingerprint density at radius 1 is 1.38 bits per heavy atom. The minimum atomic E-state index is -1.35. The fourth-order valence-electron chi connectivity index (χ4n) is 1.52. The summed E-state index contributed by atoms with van der Waals surface area (Å²) in [5, 5.41) is 0. The summed E-state index contributed by atoms with van der Waals surface area (Å²) in [5.41, 5.74) is 28.2. The predicted molar refractivity (Wildman–Crippen MR) is 52.8 cm³/mol. The van der Waals surface area contributed by atoms with Crippen LogP contribution in [0.15, 0.2) is 23.9 Å². The summed E-state index contributed by atoms with van der Waals surface area (Å²) in [6.07, 6.45) is 5.26. The fraction of sp³-hybridized carbons (Fsp3) is 0.500. The van der Waals surface area contributed by atoms with Gasteiger partial charge in [-0.1, -0.05) is 12.2 Å². The lowest BCUT2D eigenvalue weighted by atomic mass is 9.77. The van der Waals surface area contributed by atoms with Crippen LogP contribution in [0.2, 0.25) is 0 Å². The van der Waals surface area contributed by atoms with E-state index in [2.05, 4.69) is 0 Å². The van der Waals surface area contributed by atoms with Crippen LogP contribution in [0, 0.1) is 5.92 Å². The van der Waals surface area contributed by atoms with Crippen molar-refractivity contribution in [3.05, 3.63) is 23.9 Å². The first kappa shape index (κ1) is 10.2. The highest BCUT2D eigenvalue weighted by molar-refractivity contribution is 5.31. The van der Waals surface area contributed by atoms with Gasteiger partial charge in [0.15, 0.2) is 0 Å². The number of nitrogens with two attached hydrogens (primary N) is 5. The van der Waals surface area contributed by atoms with Crippen molar-refractivity contribution < 1.29 is 0 Å². The van der Waals surface area contributed by atoms with Crippen LogP contribution in [0.25, 0.3) is 0 Å². The van der Waals surface area contributed by atoms with Gasteiger partial charge in [-0.3, -0.25) is 0 Å². The Balaban J connectivity index is 3.03. The van der Waals surface area contributed by atoms with Crippen molar-refractivity contribution in [1.29, 1.82) is 0 Å². The third kappa shape index (κ3) is 1.73. The molecule has 0 amide bonds. The summed E-state index contributed by atoms with van der Waals surface area (Å²) < 4.78 is 0. The topological polar surface area (TPSA) is 130 Å². The smallest absolute Gasteiger partial charge is 0.124 e. The summed E-state index contributed by atoms with van der Waals surface area (Å²) in [7, 11) is 0. The highest BCUT2D eigenvalue weighted by Crippen LogP contribution is 2.28. The normalized spacial score (nSPS) is 34.5. The standard InChI is InChI=1S/C8H17N5/c1-7(10)5(8(11,12)13)3-2-4-6(7)9/h2-5H,9-13H2,1H3. The van der Waals surface area contributed by atoms with Gasteiger partial charge in [-0.2, -0.15) is 0 Å². The molecule has 74 valence electrons. The van der Waals surface area contributed by atoms with E-state index < -0.39 is 11.3 Å². The molecule has 1 aliphatic rings. The minimum absolute atomic E-state index is 0.370. The second kappa shape index (κ2) is 2.81. The van der Waals surface area contributed by atoms with Crippen molar-refractivity contribution in [2.24, 2.45) is 34.6 Å². The van der Waals surface area contributed by atoms with Crippen LogP contribution in [-0.2, 0) is 0 Å². The average molecular weight is 183 g/mol. The van der Waals surface area contributed by atoms with Gasteiger partial charge in [-0.15, -0.1) is 0 Å². The highest BCUT2D eigenvalue weighted by atomic mass is 15.1. The van der Waals surface area contributed by atoms with Gasteiger partial charge in [0.1, 0.15) is 5.79 Å². The van der Waals surface area contributed by atoms with Crippen LogP contribution < -0.4 is 28.7 Å². The lowest BCUT2D eigenvalue weighted by molar-refractivity contribution is 0.245. The Kier molecular flexibility index (Phi) is 2.21. The molecule has 5 heteroatoms. The van der Waals surface area contributed by atoms with Crippen LogP contribution in [0.3, 0.4) is 0 Å². The maximum atomic E-state index is 5.97. The van der Waals surface area contributed by atoms with E-state index in [0.717, 1.165) is 0 Å². The molecule has 0 radical (unpaired) electrons. The number of rotatable bonds is 1. The van der Waals surface area contributed by atoms with E-state index in [-0.39, 0.29) is 5.92 Å². The Morgan fingerprint density at radius 3 is 2.31 bits per heavy atom. The van der Waals surface area contributed by atoms with Crippen molar-refractivity contribution in [3.63, 3.8) is 0 Å². The van der Waals surface area contributed by atoms with E-state index in [1.165, 1.54) is 0 Å². The van der Waals surface area contributed by atoms with Crippen molar-refractivity contribution in [1.82, 2.24) is 0 Å². The minimum Gasteiger partial charge on any atom is -0.401 e. The molecule has 2 atom stereocenters. The van der Waals surface area contributed by atoms with Crippen molar-refractivity contribution in [2.45, 2.75) is 18.2 Å². The molecule has 1 rings (SSSR count). The van der Waals surface area contributed by atoms with E-state index in [1.807, 2.05) is 0 Å². The first-order chi connectivity index (χ1) is 5.76. The summed E-state index contributed by atoms with van der Waals surface area (Å²) in [6, 6.07) is 0. The molecule has 0 aromatic rings. The molecular weight excluding hydrogens is 166 g/mol. The second-order valence-electron chi connectivity index (χ2n) is 3.77. The quantitative estimate of drug-likeness (QED) is 0.308. The first-order valence-corrected chi connectivity index (χ1v) is 4.06. The zero-order valence-corrected chi connectivity index (χ0v) is 7.70. The molecule has 0 heterocycles. The predicted octanol–water partition coefficient (Wildman–Crippen LogP) is -1.74. The lowest BCUT2D eigenvalue weighted by Gasteiger charge is -2.41. The van der Waals surface area contributed by atoms with Crippen LogP contribution in [-0.4, -0.2) is 11.3 Å². The summed E-state index contributed by atoms with van der Waals surface area (Å²) in [4.78, 5) is 0. The second-order valence-corrected chi connectivity index (χ2v) is 3.77. The maximum absolute atomic E-state index is 5.97. The van der Waals surface area contributed by atoms with Gasteiger partial charge < -0.3 is 28.7 Å². The van der Waals surface area contributed by atoms with Crippen LogP contribution in [0.1, 0.15) is 6.92 Å². The molecular formula is C8H17N5. The molecule has 0 aromatic carbocycles. The molecule has 0 aromatic heterocycles. The lowest BCUT2D eigenvalue weighted by Crippen LogP contribution is -2.71. The number of hydrogen-bond acceptors (Lipinski definition) is 5. The third-order valence-corrected chi connectivity index (χ3v) is 2.39. The molecule has 0 bridgehead atoms. The van der Waals surface area contributed by atoms with Crippen molar-refractivity contribution in [3.8, 4) is 0 Å². The van der Waals surface area contributed by atoms with Gasteiger partial charge in [0, 0.05) is 11.6 Å². The largest absolute Gasteiger partial charge is 0.401 e. The number of hydrogen-bond donors (Lipinski definition) is 5. The molecule has 2 unspecified atom stereocenters. The number of allylic oxidation sites excluding steroid dienone is 2. The first-order valence-electron chi connectivity index (χ1n) is 4.06. The Morgan fingerprint density at radius 2 is 1.92 bits per heavy atom. The molecule has 13 heavy (non-hydrogen) atoms. The fourth-order valence-corrected chi connectivity index (χ4v) is 1.52. The van der Waals surface area contributed by atoms with Crippen LogP contribution in [0.4, 0.5) is 0 Å². The average Bonchev–Trinajstić information content (AvgIpc) is 1.92. The molecule has 5 nitrogen and oxygen atoms in total. The van der Waals surface area contributed by atoms with E-state index in [9.17, 15) is 0 Å². The third-order valence-electron chi connectivity index (χ3n) is 2.39. The molecule has 10 N–H and O–H groups in total. The summed E-state index contributed by atoms with van der Waals surface area (Å²) >= 11 is 0. The molecule has 0 fully saturated rings. The molecule has 0 aliphatic heterocycles. The van der Waals surface area contributed by atoms with Gasteiger partial charge in [-0.05, 0) is 13.0 Å². The zero-order valence-electron chi connectivity index (χ0n) is 7.70. The van der Waals surface area contributed by atoms with Gasteiger partial charge in [-0.25, -0.2) is 0 Å². The van der Waals surface area contributed by atoms with E-state index >= 15 is 0 Å². The van der Waals surface area contributed by atoms with Gasteiger partial charge in [0.05, 0.1) is 5.54 Å². The zero-order chi connectivity index (χ0) is 10.3. The summed E-state index contributed by atoms with van der Waals surface area (Å²) in [5.74, 6) is -1.72. The van der Waals surface area contributed by atoms with Crippen LogP contribution in [0.5, 0.6) is 0 Å². The molecule has 1 aliphatic carbocycles. The molecule has 0 saturated carbocycles. The van der Waals surface area contributed by atoms with Crippen LogP contribution >= 0.6 is 0 Å². The van der Waals surface area contributed by atoms with Gasteiger partial charge in [0.2, 0.25) is 0 Å². The molecule has 0 saturated heterocycles. The van der Waals surface area contributed by atoms with E-state index in [1.54, 1.807) is 25.2 Å². The van der Waals surface area contributed by atoms with E-state index in [0.29, 0.717) is 5.70 Å². The Hall–Kier alpha value is -0.880. The van der Waals surface area contributed by atoms with Gasteiger partial charge >= 0.3 is 0 Å². The Labute approximate surface area is 77.6 Å². The highest BCUT2D eigenvalue weighted by Gasteiger charge is 2.41. The Bertz CT molecular complexity index is 258. The van der Waals surface area contributed by atoms with Gasteiger partial charge in [0.25, 0.3) is 0 Å². The van der Waals surface area contributed by atoms with Crippen molar-refractivity contribution in [2.75, 3.05) is 0 Å². The monoisotopic (exact) mass is 183 g/mol. The molecule has 0 spiro atoms. The van der Waals surface area contributed by atoms with Crippen molar-refractivity contribution >= 4 is 0 Å². The SMILES string of the molecule is CC1(N)C(N)=CC=CC1C(N)(N)N. The summed E-state index contributed by atoms with van der Waals surface area (Å²) in [6.45, 7) is 1.76. The van der Waals surface area contributed by atoms with E-state index in [4.69, 9.17) is 28.7 Å².